The van der Waals surface area contributed by atoms with Crippen LogP contribution in [-0.4, -0.2) is 27.3 Å². The third kappa shape index (κ3) is 2.21. The molecule has 0 N–H and O–H groups in total. The topological polar surface area (TPSA) is 46.1 Å². The van der Waals surface area contributed by atoms with Gasteiger partial charge in [0, 0.05) is 25.4 Å². The number of nitrogens with zero attached hydrogens (tertiary/aromatic N) is 3. The molecular weight excluding hydrogens is 202 g/mol. The molecule has 0 saturated carbocycles. The Balaban J connectivity index is 2.18. The fourth-order valence-electron chi connectivity index (χ4n) is 2.18. The molecule has 0 aliphatic carbocycles. The van der Waals surface area contributed by atoms with Crippen molar-refractivity contribution in [3.8, 4) is 0 Å². The third-order valence-corrected chi connectivity index (χ3v) is 3.01. The number of hydrogen-bond donors (Lipinski definition) is 0. The predicted octanol–water partition coefficient (Wildman–Crippen LogP) is 1.94. The van der Waals surface area contributed by atoms with E-state index in [4.69, 9.17) is 0 Å². The maximum atomic E-state index is 11.8. The van der Waals surface area contributed by atoms with E-state index in [1.54, 1.807) is 18.5 Å². The van der Waals surface area contributed by atoms with Gasteiger partial charge in [-0.15, -0.1) is 0 Å². The molecule has 1 aliphatic heterocycles. The lowest BCUT2D eigenvalue weighted by Crippen LogP contribution is -2.38. The van der Waals surface area contributed by atoms with E-state index in [0.29, 0.717) is 6.42 Å². The summed E-state index contributed by atoms with van der Waals surface area (Å²) < 4.78 is 0. The maximum Gasteiger partial charge on any atom is 0.223 e. The van der Waals surface area contributed by atoms with Crippen LogP contribution in [0.1, 0.15) is 44.5 Å². The Hall–Kier alpha value is -1.45. The number of amides is 1. The number of carbonyl (C=O) groups excluding carboxylic acids is 1. The van der Waals surface area contributed by atoms with Crippen molar-refractivity contribution in [1.82, 2.24) is 14.9 Å². The minimum Gasteiger partial charge on any atom is -0.332 e. The quantitative estimate of drug-likeness (QED) is 0.780. The molecule has 0 bridgehead atoms. The Labute approximate surface area is 95.7 Å². The first-order valence-electron chi connectivity index (χ1n) is 5.89. The highest BCUT2D eigenvalue weighted by Crippen LogP contribution is 2.25. The molecule has 1 amide bonds. The van der Waals surface area contributed by atoms with E-state index in [1.807, 2.05) is 4.90 Å². The van der Waals surface area contributed by atoms with Crippen molar-refractivity contribution >= 4 is 5.91 Å². The van der Waals surface area contributed by atoms with Crippen molar-refractivity contribution < 1.29 is 4.79 Å². The Kier molecular flexibility index (Phi) is 3.49. The van der Waals surface area contributed by atoms with Gasteiger partial charge >= 0.3 is 0 Å². The summed E-state index contributed by atoms with van der Waals surface area (Å²) in [5.74, 6) is 1.01. The zero-order valence-corrected chi connectivity index (χ0v) is 9.59. The molecular formula is C12H17N3O. The first kappa shape index (κ1) is 11.0. The number of likely N-dealkylation sites (tertiary alicyclic amines) is 1. The van der Waals surface area contributed by atoms with Crippen LogP contribution in [0.3, 0.4) is 0 Å². The van der Waals surface area contributed by atoms with Crippen LogP contribution in [0.2, 0.25) is 0 Å². The van der Waals surface area contributed by atoms with Crippen molar-refractivity contribution in [2.24, 2.45) is 0 Å². The minimum atomic E-state index is 0.0500. The van der Waals surface area contributed by atoms with Crippen LogP contribution in [0.25, 0.3) is 0 Å². The zero-order valence-electron chi connectivity index (χ0n) is 9.59. The lowest BCUT2D eigenvalue weighted by molar-refractivity contribution is -0.136. The van der Waals surface area contributed by atoms with Gasteiger partial charge in [-0.2, -0.15) is 0 Å². The highest BCUT2D eigenvalue weighted by atomic mass is 16.2. The third-order valence-electron chi connectivity index (χ3n) is 3.01. The second kappa shape index (κ2) is 5.05. The van der Waals surface area contributed by atoms with Gasteiger partial charge < -0.3 is 4.90 Å². The average Bonchev–Trinajstić information content (AvgIpc) is 2.34. The van der Waals surface area contributed by atoms with Gasteiger partial charge in [0.2, 0.25) is 5.91 Å². The van der Waals surface area contributed by atoms with Crippen LogP contribution in [0, 0.1) is 0 Å². The highest BCUT2D eigenvalue weighted by molar-refractivity contribution is 5.77. The van der Waals surface area contributed by atoms with E-state index >= 15 is 0 Å². The maximum absolute atomic E-state index is 11.8. The molecule has 1 aliphatic rings. The summed E-state index contributed by atoms with van der Waals surface area (Å²) in [4.78, 5) is 22.3. The molecule has 4 nitrogen and oxygen atoms in total. The van der Waals surface area contributed by atoms with E-state index in [2.05, 4.69) is 16.9 Å². The number of piperidine rings is 1. The Morgan fingerprint density at radius 3 is 2.75 bits per heavy atom. The first-order chi connectivity index (χ1) is 7.83. The van der Waals surface area contributed by atoms with Crippen molar-refractivity contribution in [3.63, 3.8) is 0 Å². The molecule has 4 heteroatoms. The van der Waals surface area contributed by atoms with E-state index in [1.165, 1.54) is 0 Å². The molecule has 16 heavy (non-hydrogen) atoms. The normalized spacial score (nSPS) is 18.6. The molecule has 1 fully saturated rings. The second-order valence-electron chi connectivity index (χ2n) is 4.08. The highest BCUT2D eigenvalue weighted by Gasteiger charge is 2.27. The molecule has 1 saturated heterocycles. The molecule has 2 heterocycles. The number of carbonyl (C=O) groups is 1. The smallest absolute Gasteiger partial charge is 0.223 e. The van der Waals surface area contributed by atoms with E-state index in [9.17, 15) is 4.79 Å². The van der Waals surface area contributed by atoms with Crippen LogP contribution in [0.5, 0.6) is 0 Å². The fourth-order valence-corrected chi connectivity index (χ4v) is 2.18. The van der Waals surface area contributed by atoms with Gasteiger partial charge in [0.25, 0.3) is 0 Å². The minimum absolute atomic E-state index is 0.0500. The Morgan fingerprint density at radius 1 is 1.38 bits per heavy atom. The van der Waals surface area contributed by atoms with Crippen molar-refractivity contribution in [1.29, 1.82) is 0 Å². The summed E-state index contributed by atoms with van der Waals surface area (Å²) in [6, 6.07) is 1.85. The van der Waals surface area contributed by atoms with Gasteiger partial charge in [-0.1, -0.05) is 6.92 Å². The monoisotopic (exact) mass is 219 g/mol. The van der Waals surface area contributed by atoms with Crippen molar-refractivity contribution in [2.75, 3.05) is 6.54 Å². The van der Waals surface area contributed by atoms with Crippen LogP contribution in [0.15, 0.2) is 18.5 Å². The standard InChI is InChI=1S/C12H17N3O/c1-2-10(12-13-7-5-8-14-12)15-9-4-3-6-11(15)16/h5,7-8,10H,2-4,6,9H2,1H3. The second-order valence-corrected chi connectivity index (χ2v) is 4.08. The van der Waals surface area contributed by atoms with Crippen molar-refractivity contribution in [2.45, 2.75) is 38.6 Å². The molecule has 1 unspecified atom stereocenters. The summed E-state index contributed by atoms with van der Waals surface area (Å²) in [6.45, 7) is 2.92. The van der Waals surface area contributed by atoms with Gasteiger partial charge in [-0.3, -0.25) is 4.79 Å². The van der Waals surface area contributed by atoms with Crippen LogP contribution in [0.4, 0.5) is 0 Å². The van der Waals surface area contributed by atoms with Gasteiger partial charge in [0.1, 0.15) is 0 Å². The summed E-state index contributed by atoms with van der Waals surface area (Å²) in [6.07, 6.45) is 7.12. The number of aromatic nitrogens is 2. The first-order valence-corrected chi connectivity index (χ1v) is 5.89. The molecule has 0 radical (unpaired) electrons. The lowest BCUT2D eigenvalue weighted by Gasteiger charge is -2.33. The Bertz CT molecular complexity index is 353. The summed E-state index contributed by atoms with van der Waals surface area (Å²) in [5.41, 5.74) is 0. The zero-order chi connectivity index (χ0) is 11.4. The van der Waals surface area contributed by atoms with E-state index in [-0.39, 0.29) is 11.9 Å². The summed E-state index contributed by atoms with van der Waals surface area (Å²) in [7, 11) is 0. The van der Waals surface area contributed by atoms with Crippen molar-refractivity contribution in [3.05, 3.63) is 24.3 Å². The Morgan fingerprint density at radius 2 is 2.12 bits per heavy atom. The van der Waals surface area contributed by atoms with Gasteiger partial charge in [-0.25, -0.2) is 9.97 Å². The largest absolute Gasteiger partial charge is 0.332 e. The molecule has 1 atom stereocenters. The van der Waals surface area contributed by atoms with Crippen LogP contribution >= 0.6 is 0 Å². The fraction of sp³-hybridized carbons (Fsp3) is 0.583. The molecule has 1 aromatic rings. The van der Waals surface area contributed by atoms with Crippen LogP contribution in [-0.2, 0) is 4.79 Å². The van der Waals surface area contributed by atoms with Crippen LogP contribution < -0.4 is 0 Å². The van der Waals surface area contributed by atoms with Gasteiger partial charge in [-0.05, 0) is 25.3 Å². The average molecular weight is 219 g/mol. The molecule has 2 rings (SSSR count). The van der Waals surface area contributed by atoms with Gasteiger partial charge in [0.05, 0.1) is 6.04 Å². The predicted molar refractivity (Wildman–Crippen MR) is 60.6 cm³/mol. The summed E-state index contributed by atoms with van der Waals surface area (Å²) >= 11 is 0. The van der Waals surface area contributed by atoms with Gasteiger partial charge in [0.15, 0.2) is 5.82 Å². The van der Waals surface area contributed by atoms with E-state index in [0.717, 1.165) is 31.6 Å². The molecule has 0 aromatic carbocycles. The number of rotatable bonds is 3. The summed E-state index contributed by atoms with van der Waals surface area (Å²) in [5, 5.41) is 0. The SMILES string of the molecule is CCC(c1ncccn1)N1CCCCC1=O. The lowest BCUT2D eigenvalue weighted by atomic mass is 10.1. The number of hydrogen-bond acceptors (Lipinski definition) is 3. The molecule has 86 valence electrons. The molecule has 0 spiro atoms. The molecule has 1 aromatic heterocycles. The van der Waals surface area contributed by atoms with E-state index < -0.39 is 0 Å².